The van der Waals surface area contributed by atoms with Gasteiger partial charge in [0.2, 0.25) is 0 Å². The predicted octanol–water partition coefficient (Wildman–Crippen LogP) is 3.30. The van der Waals surface area contributed by atoms with Gasteiger partial charge in [-0.3, -0.25) is 0 Å². The second-order valence-electron chi connectivity index (χ2n) is 3.00. The van der Waals surface area contributed by atoms with E-state index in [1.807, 2.05) is 24.5 Å². The molecule has 0 unspecified atom stereocenters. The molecule has 0 fully saturated rings. The van der Waals surface area contributed by atoms with Crippen LogP contribution in [0.4, 0.5) is 5.82 Å². The van der Waals surface area contributed by atoms with Crippen molar-refractivity contribution < 1.29 is 4.52 Å². The minimum absolute atomic E-state index is 0.371. The zero-order valence-corrected chi connectivity index (χ0v) is 9.60. The summed E-state index contributed by atoms with van der Waals surface area (Å²) in [6.45, 7) is 0. The lowest BCUT2D eigenvalue weighted by molar-refractivity contribution is 0.436. The molecular weight excluding hydrogens is 232 g/mol. The molecule has 1 heterocycles. The van der Waals surface area contributed by atoms with Crippen molar-refractivity contribution in [3.8, 4) is 11.3 Å². The third-order valence-electron chi connectivity index (χ3n) is 1.92. The number of halogens is 1. The van der Waals surface area contributed by atoms with Gasteiger partial charge in [0.1, 0.15) is 0 Å². The number of thioether (sulfide) groups is 1. The summed E-state index contributed by atoms with van der Waals surface area (Å²) >= 11 is 7.60. The summed E-state index contributed by atoms with van der Waals surface area (Å²) in [6.07, 6.45) is 1.99. The van der Waals surface area contributed by atoms with Crippen molar-refractivity contribution in [1.82, 2.24) is 5.16 Å². The number of hydrogen-bond donors (Lipinski definition) is 1. The number of nitrogens with zero attached hydrogens (tertiary/aromatic N) is 1. The summed E-state index contributed by atoms with van der Waals surface area (Å²) in [6, 6.07) is 7.38. The third-order valence-corrected chi connectivity index (χ3v) is 2.85. The molecule has 0 saturated carbocycles. The van der Waals surface area contributed by atoms with Gasteiger partial charge in [-0.15, -0.1) is 11.8 Å². The first-order valence-corrected chi connectivity index (χ1v) is 5.86. The third kappa shape index (κ3) is 2.27. The SMILES string of the molecule is CSc1cc(Cl)cc(-c2cc(N)no2)c1. The van der Waals surface area contributed by atoms with Gasteiger partial charge in [0.15, 0.2) is 11.6 Å². The van der Waals surface area contributed by atoms with Crippen molar-refractivity contribution in [2.75, 3.05) is 12.0 Å². The number of aromatic nitrogens is 1. The standard InChI is InChI=1S/C10H9ClN2OS/c1-15-8-3-6(2-7(11)4-8)9-5-10(12)13-14-9/h2-5H,1H3,(H2,12,13). The minimum Gasteiger partial charge on any atom is -0.381 e. The van der Waals surface area contributed by atoms with Crippen LogP contribution >= 0.6 is 23.4 Å². The number of benzene rings is 1. The van der Waals surface area contributed by atoms with Crippen molar-refractivity contribution in [2.24, 2.45) is 0 Å². The molecule has 2 rings (SSSR count). The first kappa shape index (κ1) is 10.4. The van der Waals surface area contributed by atoms with Crippen molar-refractivity contribution in [3.63, 3.8) is 0 Å². The molecule has 2 N–H and O–H groups in total. The van der Waals surface area contributed by atoms with Crippen LogP contribution in [0.5, 0.6) is 0 Å². The lowest BCUT2D eigenvalue weighted by Crippen LogP contribution is -1.80. The fourth-order valence-electron chi connectivity index (χ4n) is 1.25. The fourth-order valence-corrected chi connectivity index (χ4v) is 2.04. The molecule has 0 bridgehead atoms. The quantitative estimate of drug-likeness (QED) is 0.819. The largest absolute Gasteiger partial charge is 0.381 e. The Morgan fingerprint density at radius 2 is 2.13 bits per heavy atom. The topological polar surface area (TPSA) is 52.0 Å². The monoisotopic (exact) mass is 240 g/mol. The lowest BCUT2D eigenvalue weighted by atomic mass is 10.2. The van der Waals surface area contributed by atoms with Gasteiger partial charge in [-0.2, -0.15) is 0 Å². The lowest BCUT2D eigenvalue weighted by Gasteiger charge is -2.01. The van der Waals surface area contributed by atoms with Crippen LogP contribution in [0.15, 0.2) is 33.7 Å². The molecular formula is C10H9ClN2OS. The van der Waals surface area contributed by atoms with E-state index in [9.17, 15) is 0 Å². The van der Waals surface area contributed by atoms with Gasteiger partial charge < -0.3 is 10.3 Å². The summed E-state index contributed by atoms with van der Waals surface area (Å²) in [4.78, 5) is 1.08. The van der Waals surface area contributed by atoms with Gasteiger partial charge in [0, 0.05) is 21.5 Å². The van der Waals surface area contributed by atoms with E-state index in [1.165, 1.54) is 0 Å². The number of anilines is 1. The molecule has 0 aliphatic heterocycles. The van der Waals surface area contributed by atoms with Crippen LogP contribution in [0, 0.1) is 0 Å². The van der Waals surface area contributed by atoms with E-state index < -0.39 is 0 Å². The highest BCUT2D eigenvalue weighted by Gasteiger charge is 2.06. The smallest absolute Gasteiger partial charge is 0.169 e. The molecule has 5 heteroatoms. The maximum atomic E-state index is 5.98. The van der Waals surface area contributed by atoms with Crippen LogP contribution in [0.25, 0.3) is 11.3 Å². The van der Waals surface area contributed by atoms with E-state index in [0.29, 0.717) is 16.6 Å². The van der Waals surface area contributed by atoms with E-state index in [4.69, 9.17) is 21.9 Å². The van der Waals surface area contributed by atoms with Gasteiger partial charge in [-0.25, -0.2) is 0 Å². The van der Waals surface area contributed by atoms with Gasteiger partial charge in [0.25, 0.3) is 0 Å². The highest BCUT2D eigenvalue weighted by molar-refractivity contribution is 7.98. The van der Waals surface area contributed by atoms with E-state index in [-0.39, 0.29) is 0 Å². The molecule has 3 nitrogen and oxygen atoms in total. The Balaban J connectivity index is 2.48. The number of nitrogens with two attached hydrogens (primary N) is 1. The highest BCUT2D eigenvalue weighted by atomic mass is 35.5. The summed E-state index contributed by atoms with van der Waals surface area (Å²) in [5.41, 5.74) is 6.37. The van der Waals surface area contributed by atoms with E-state index in [1.54, 1.807) is 17.8 Å². The Bertz CT molecular complexity index is 484. The van der Waals surface area contributed by atoms with Crippen molar-refractivity contribution in [2.45, 2.75) is 4.90 Å². The summed E-state index contributed by atoms with van der Waals surface area (Å²) < 4.78 is 5.06. The Morgan fingerprint density at radius 1 is 1.33 bits per heavy atom. The Kier molecular flexibility index (Phi) is 2.88. The van der Waals surface area contributed by atoms with Crippen LogP contribution in [0.3, 0.4) is 0 Å². The zero-order chi connectivity index (χ0) is 10.8. The number of hydrogen-bond acceptors (Lipinski definition) is 4. The first-order chi connectivity index (χ1) is 7.19. The van der Waals surface area contributed by atoms with Crippen molar-refractivity contribution in [1.29, 1.82) is 0 Å². The van der Waals surface area contributed by atoms with Gasteiger partial charge in [-0.05, 0) is 24.5 Å². The molecule has 0 aliphatic rings. The van der Waals surface area contributed by atoms with Gasteiger partial charge in [-0.1, -0.05) is 16.8 Å². The average Bonchev–Trinajstić information content (AvgIpc) is 2.64. The van der Waals surface area contributed by atoms with Crippen LogP contribution in [-0.2, 0) is 0 Å². The van der Waals surface area contributed by atoms with Crippen molar-refractivity contribution in [3.05, 3.63) is 29.3 Å². The molecule has 0 spiro atoms. The van der Waals surface area contributed by atoms with Crippen LogP contribution in [0.1, 0.15) is 0 Å². The van der Waals surface area contributed by atoms with E-state index >= 15 is 0 Å². The second kappa shape index (κ2) is 4.16. The average molecular weight is 241 g/mol. The van der Waals surface area contributed by atoms with Crippen molar-refractivity contribution >= 4 is 29.2 Å². The Morgan fingerprint density at radius 3 is 2.73 bits per heavy atom. The van der Waals surface area contributed by atoms with Crippen LogP contribution < -0.4 is 5.73 Å². The molecule has 15 heavy (non-hydrogen) atoms. The van der Waals surface area contributed by atoms with Crippen LogP contribution in [-0.4, -0.2) is 11.4 Å². The zero-order valence-electron chi connectivity index (χ0n) is 8.03. The van der Waals surface area contributed by atoms with Gasteiger partial charge in [0.05, 0.1) is 0 Å². The maximum Gasteiger partial charge on any atom is 0.169 e. The summed E-state index contributed by atoms with van der Waals surface area (Å²) in [5, 5.41) is 4.30. The molecule has 0 radical (unpaired) electrons. The maximum absolute atomic E-state index is 5.98. The van der Waals surface area contributed by atoms with E-state index in [2.05, 4.69) is 5.16 Å². The molecule has 1 aromatic carbocycles. The molecule has 0 atom stereocenters. The summed E-state index contributed by atoms with van der Waals surface area (Å²) in [7, 11) is 0. The minimum atomic E-state index is 0.371. The molecule has 2 aromatic rings. The molecule has 1 aromatic heterocycles. The molecule has 0 saturated heterocycles. The first-order valence-electron chi connectivity index (χ1n) is 4.26. The highest BCUT2D eigenvalue weighted by Crippen LogP contribution is 2.29. The number of nitrogen functional groups attached to an aromatic ring is 1. The van der Waals surface area contributed by atoms with E-state index in [0.717, 1.165) is 10.5 Å². The van der Waals surface area contributed by atoms with Crippen LogP contribution in [0.2, 0.25) is 5.02 Å². The fraction of sp³-hybridized carbons (Fsp3) is 0.100. The summed E-state index contributed by atoms with van der Waals surface area (Å²) in [5.74, 6) is 1.00. The Hall–Kier alpha value is -1.13. The van der Waals surface area contributed by atoms with Gasteiger partial charge >= 0.3 is 0 Å². The number of rotatable bonds is 2. The molecule has 0 aliphatic carbocycles. The predicted molar refractivity (Wildman–Crippen MR) is 63.1 cm³/mol. The second-order valence-corrected chi connectivity index (χ2v) is 4.31. The molecule has 78 valence electrons. The molecule has 0 amide bonds. The normalized spacial score (nSPS) is 10.5. The Labute approximate surface area is 96.6 Å².